The zero-order valence-corrected chi connectivity index (χ0v) is 9.95. The van der Waals surface area contributed by atoms with E-state index < -0.39 is 0 Å². The quantitative estimate of drug-likeness (QED) is 0.692. The molecule has 0 aromatic carbocycles. The number of carbonyl (C=O) groups excluding carboxylic acids is 1. The molecule has 1 aliphatic heterocycles. The fourth-order valence-electron chi connectivity index (χ4n) is 2.06. The van der Waals surface area contributed by atoms with E-state index in [0.717, 1.165) is 19.5 Å². The van der Waals surface area contributed by atoms with E-state index in [0.29, 0.717) is 25.4 Å². The fraction of sp³-hybridized carbons (Fsp3) is 0.615. The topological polar surface area (TPSA) is 32.3 Å². The zero-order valence-electron chi connectivity index (χ0n) is 9.95. The van der Waals surface area contributed by atoms with Gasteiger partial charge in [-0.3, -0.25) is 4.79 Å². The molecule has 0 aromatic heterocycles. The molecule has 1 aliphatic rings. The summed E-state index contributed by atoms with van der Waals surface area (Å²) in [5, 5.41) is 3.33. The minimum atomic E-state index is 0.216. The highest BCUT2D eigenvalue weighted by Gasteiger charge is 2.19. The molecule has 16 heavy (non-hydrogen) atoms. The SMILES string of the molecule is C=CCN(CC=C)C(=O)CC1CCCNC1. The highest BCUT2D eigenvalue weighted by Crippen LogP contribution is 2.15. The van der Waals surface area contributed by atoms with Crippen LogP contribution in [0.25, 0.3) is 0 Å². The molecule has 0 saturated carbocycles. The maximum Gasteiger partial charge on any atom is 0.223 e. The third-order valence-corrected chi connectivity index (χ3v) is 2.91. The minimum absolute atomic E-state index is 0.216. The number of amides is 1. The Morgan fingerprint density at radius 1 is 1.38 bits per heavy atom. The van der Waals surface area contributed by atoms with Gasteiger partial charge in [0.1, 0.15) is 0 Å². The first-order chi connectivity index (χ1) is 7.77. The van der Waals surface area contributed by atoms with E-state index in [4.69, 9.17) is 0 Å². The number of rotatable bonds is 6. The lowest BCUT2D eigenvalue weighted by Crippen LogP contribution is -2.36. The van der Waals surface area contributed by atoms with Crippen LogP contribution in [-0.4, -0.2) is 37.0 Å². The molecule has 1 amide bonds. The highest BCUT2D eigenvalue weighted by molar-refractivity contribution is 5.76. The molecule has 0 aromatic rings. The van der Waals surface area contributed by atoms with Gasteiger partial charge < -0.3 is 10.2 Å². The number of hydrogen-bond acceptors (Lipinski definition) is 2. The Bertz CT molecular complexity index is 234. The summed E-state index contributed by atoms with van der Waals surface area (Å²) in [7, 11) is 0. The van der Waals surface area contributed by atoms with Gasteiger partial charge in [-0.05, 0) is 31.8 Å². The summed E-state index contributed by atoms with van der Waals surface area (Å²) in [5.74, 6) is 0.715. The Balaban J connectivity index is 2.39. The number of hydrogen-bond donors (Lipinski definition) is 1. The van der Waals surface area contributed by atoms with Crippen molar-refractivity contribution in [3.05, 3.63) is 25.3 Å². The van der Waals surface area contributed by atoms with Gasteiger partial charge in [-0.2, -0.15) is 0 Å². The molecule has 3 heteroatoms. The summed E-state index contributed by atoms with van der Waals surface area (Å²) in [6, 6.07) is 0. The lowest BCUT2D eigenvalue weighted by Gasteiger charge is -2.26. The van der Waals surface area contributed by atoms with Gasteiger partial charge in [0.2, 0.25) is 5.91 Å². The normalized spacial score (nSPS) is 20.1. The molecule has 3 nitrogen and oxygen atoms in total. The van der Waals surface area contributed by atoms with Crippen molar-refractivity contribution in [1.29, 1.82) is 0 Å². The number of piperidine rings is 1. The lowest BCUT2D eigenvalue weighted by molar-refractivity contribution is -0.131. The van der Waals surface area contributed by atoms with E-state index >= 15 is 0 Å². The molecule has 0 aliphatic carbocycles. The van der Waals surface area contributed by atoms with Crippen molar-refractivity contribution in [1.82, 2.24) is 10.2 Å². The van der Waals surface area contributed by atoms with Crippen LogP contribution in [-0.2, 0) is 4.79 Å². The maximum absolute atomic E-state index is 12.0. The van der Waals surface area contributed by atoms with Gasteiger partial charge >= 0.3 is 0 Å². The first kappa shape index (κ1) is 13.0. The summed E-state index contributed by atoms with van der Waals surface area (Å²) in [6.45, 7) is 10.6. The van der Waals surface area contributed by atoms with Crippen molar-refractivity contribution < 1.29 is 4.79 Å². The molecule has 1 atom stereocenters. The molecule has 0 bridgehead atoms. The van der Waals surface area contributed by atoms with Crippen molar-refractivity contribution in [2.75, 3.05) is 26.2 Å². The van der Waals surface area contributed by atoms with Crippen LogP contribution < -0.4 is 5.32 Å². The Morgan fingerprint density at radius 2 is 2.06 bits per heavy atom. The van der Waals surface area contributed by atoms with Gasteiger partial charge in [-0.25, -0.2) is 0 Å². The number of nitrogens with one attached hydrogen (secondary N) is 1. The lowest BCUT2D eigenvalue weighted by atomic mass is 9.95. The first-order valence-corrected chi connectivity index (χ1v) is 5.98. The van der Waals surface area contributed by atoms with Crippen molar-refractivity contribution in [3.8, 4) is 0 Å². The minimum Gasteiger partial charge on any atom is -0.335 e. The molecule has 1 rings (SSSR count). The Hall–Kier alpha value is -1.09. The van der Waals surface area contributed by atoms with Crippen LogP contribution in [0, 0.1) is 5.92 Å². The van der Waals surface area contributed by atoms with Crippen molar-refractivity contribution in [2.45, 2.75) is 19.3 Å². The molecule has 1 heterocycles. The van der Waals surface area contributed by atoms with Gasteiger partial charge in [-0.15, -0.1) is 13.2 Å². The summed E-state index contributed by atoms with van der Waals surface area (Å²) in [6.07, 6.45) is 6.52. The third-order valence-electron chi connectivity index (χ3n) is 2.91. The van der Waals surface area contributed by atoms with Crippen LogP contribution in [0.5, 0.6) is 0 Å². The van der Waals surface area contributed by atoms with Crippen LogP contribution in [0.2, 0.25) is 0 Å². The predicted molar refractivity (Wildman–Crippen MR) is 67.2 cm³/mol. The Labute approximate surface area is 98.2 Å². The molecule has 0 radical (unpaired) electrons. The summed E-state index contributed by atoms with van der Waals surface area (Å²) >= 11 is 0. The molecular formula is C13H22N2O. The van der Waals surface area contributed by atoms with Crippen molar-refractivity contribution >= 4 is 5.91 Å². The van der Waals surface area contributed by atoms with Gasteiger partial charge in [0.25, 0.3) is 0 Å². The van der Waals surface area contributed by atoms with E-state index in [1.54, 1.807) is 17.1 Å². The van der Waals surface area contributed by atoms with Crippen LogP contribution in [0.4, 0.5) is 0 Å². The third kappa shape index (κ3) is 4.19. The van der Waals surface area contributed by atoms with Crippen LogP contribution >= 0.6 is 0 Å². The largest absolute Gasteiger partial charge is 0.335 e. The molecule has 0 spiro atoms. The van der Waals surface area contributed by atoms with Crippen LogP contribution in [0.3, 0.4) is 0 Å². The van der Waals surface area contributed by atoms with E-state index in [1.807, 2.05) is 0 Å². The van der Waals surface area contributed by atoms with Gasteiger partial charge in [0.15, 0.2) is 0 Å². The summed E-state index contributed by atoms with van der Waals surface area (Å²) in [4.78, 5) is 13.8. The van der Waals surface area contributed by atoms with Gasteiger partial charge in [0, 0.05) is 19.5 Å². The second kappa shape index (κ2) is 7.23. The van der Waals surface area contributed by atoms with Crippen LogP contribution in [0.1, 0.15) is 19.3 Å². The second-order valence-corrected chi connectivity index (χ2v) is 4.29. The molecule has 1 unspecified atom stereocenters. The molecule has 90 valence electrons. The number of carbonyl (C=O) groups is 1. The zero-order chi connectivity index (χ0) is 11.8. The van der Waals surface area contributed by atoms with Crippen LogP contribution in [0.15, 0.2) is 25.3 Å². The van der Waals surface area contributed by atoms with E-state index in [9.17, 15) is 4.79 Å². The smallest absolute Gasteiger partial charge is 0.223 e. The number of nitrogens with zero attached hydrogens (tertiary/aromatic N) is 1. The van der Waals surface area contributed by atoms with E-state index in [-0.39, 0.29) is 5.91 Å². The Morgan fingerprint density at radius 3 is 2.56 bits per heavy atom. The Kier molecular flexibility index (Phi) is 5.86. The maximum atomic E-state index is 12.0. The van der Waals surface area contributed by atoms with E-state index in [1.165, 1.54) is 6.42 Å². The predicted octanol–water partition coefficient (Wildman–Crippen LogP) is 1.58. The van der Waals surface area contributed by atoms with E-state index in [2.05, 4.69) is 18.5 Å². The molecular weight excluding hydrogens is 200 g/mol. The average molecular weight is 222 g/mol. The molecule has 1 N–H and O–H groups in total. The monoisotopic (exact) mass is 222 g/mol. The average Bonchev–Trinajstić information content (AvgIpc) is 2.30. The molecule has 1 saturated heterocycles. The van der Waals surface area contributed by atoms with Gasteiger partial charge in [-0.1, -0.05) is 12.2 Å². The first-order valence-electron chi connectivity index (χ1n) is 5.98. The standard InChI is InChI=1S/C13H22N2O/c1-3-8-15(9-4-2)13(16)10-12-6-5-7-14-11-12/h3-4,12,14H,1-2,5-11H2. The van der Waals surface area contributed by atoms with Gasteiger partial charge in [0.05, 0.1) is 0 Å². The highest BCUT2D eigenvalue weighted by atomic mass is 16.2. The summed E-state index contributed by atoms with van der Waals surface area (Å²) < 4.78 is 0. The van der Waals surface area contributed by atoms with Crippen molar-refractivity contribution in [2.24, 2.45) is 5.92 Å². The summed E-state index contributed by atoms with van der Waals surface area (Å²) in [5.41, 5.74) is 0. The second-order valence-electron chi connectivity index (χ2n) is 4.29. The fourth-order valence-corrected chi connectivity index (χ4v) is 2.06. The molecule has 1 fully saturated rings. The van der Waals surface area contributed by atoms with Crippen molar-refractivity contribution in [3.63, 3.8) is 0 Å².